The molecule has 0 spiro atoms. The van der Waals surface area contributed by atoms with Crippen molar-refractivity contribution in [3.63, 3.8) is 0 Å². The minimum atomic E-state index is -0.184. The van der Waals surface area contributed by atoms with E-state index in [0.29, 0.717) is 25.4 Å². The molecule has 2 fully saturated rings. The van der Waals surface area contributed by atoms with Gasteiger partial charge in [0.05, 0.1) is 6.61 Å². The smallest absolute Gasteiger partial charge is 0.253 e. The van der Waals surface area contributed by atoms with Gasteiger partial charge in [-0.25, -0.2) is 0 Å². The first kappa shape index (κ1) is 10.6. The summed E-state index contributed by atoms with van der Waals surface area (Å²) in [6, 6.07) is 0. The Hall–Kier alpha value is -0.900. The summed E-state index contributed by atoms with van der Waals surface area (Å²) >= 11 is 0. The number of carbonyl (C=O) groups excluding carboxylic acids is 2. The second kappa shape index (κ2) is 4.75. The van der Waals surface area contributed by atoms with Crippen LogP contribution in [0.2, 0.25) is 0 Å². The fourth-order valence-corrected chi connectivity index (χ4v) is 2.23. The molecule has 1 saturated heterocycles. The number of hydroxylamine groups is 2. The second-order valence-electron chi connectivity index (χ2n) is 4.38. The van der Waals surface area contributed by atoms with Crippen LogP contribution in [0.3, 0.4) is 0 Å². The first-order valence-corrected chi connectivity index (χ1v) is 5.76. The third kappa shape index (κ3) is 2.56. The lowest BCUT2D eigenvalue weighted by Crippen LogP contribution is -2.31. The zero-order valence-corrected chi connectivity index (χ0v) is 8.91. The number of imide groups is 1. The van der Waals surface area contributed by atoms with E-state index in [2.05, 4.69) is 0 Å². The van der Waals surface area contributed by atoms with Gasteiger partial charge in [-0.2, -0.15) is 5.06 Å². The van der Waals surface area contributed by atoms with Gasteiger partial charge in [0, 0.05) is 12.8 Å². The molecule has 1 saturated carbocycles. The normalized spacial score (nSPS) is 23.9. The molecule has 0 aromatic carbocycles. The average molecular weight is 211 g/mol. The molecule has 0 radical (unpaired) electrons. The highest BCUT2D eigenvalue weighted by atomic mass is 16.7. The molecule has 15 heavy (non-hydrogen) atoms. The molecule has 0 aromatic rings. The van der Waals surface area contributed by atoms with Crippen LogP contribution in [0.4, 0.5) is 0 Å². The molecular weight excluding hydrogens is 194 g/mol. The van der Waals surface area contributed by atoms with Crippen LogP contribution in [0.25, 0.3) is 0 Å². The fourth-order valence-electron chi connectivity index (χ4n) is 2.23. The van der Waals surface area contributed by atoms with Crippen LogP contribution >= 0.6 is 0 Å². The van der Waals surface area contributed by atoms with Crippen molar-refractivity contribution < 1.29 is 14.4 Å². The number of rotatable bonds is 3. The largest absolute Gasteiger partial charge is 0.272 e. The van der Waals surface area contributed by atoms with E-state index >= 15 is 0 Å². The monoisotopic (exact) mass is 211 g/mol. The predicted molar refractivity (Wildman–Crippen MR) is 53.6 cm³/mol. The van der Waals surface area contributed by atoms with Crippen LogP contribution in [-0.2, 0) is 14.4 Å². The van der Waals surface area contributed by atoms with Gasteiger partial charge in [0.2, 0.25) is 0 Å². The minimum Gasteiger partial charge on any atom is -0.272 e. The third-order valence-corrected chi connectivity index (χ3v) is 3.17. The van der Waals surface area contributed by atoms with Crippen molar-refractivity contribution in [1.82, 2.24) is 5.06 Å². The molecule has 0 atom stereocenters. The average Bonchev–Trinajstić information content (AvgIpc) is 2.58. The number of nitrogens with zero attached hydrogens (tertiary/aromatic N) is 1. The molecular formula is C11H17NO3. The van der Waals surface area contributed by atoms with Crippen molar-refractivity contribution in [2.24, 2.45) is 5.92 Å². The van der Waals surface area contributed by atoms with Gasteiger partial charge < -0.3 is 0 Å². The standard InChI is InChI=1S/C11H17NO3/c13-10-6-7-11(14)12(10)15-8-9-4-2-1-3-5-9/h9H,1-8H2. The highest BCUT2D eigenvalue weighted by Gasteiger charge is 2.30. The van der Waals surface area contributed by atoms with Gasteiger partial charge in [0.15, 0.2) is 0 Å². The minimum absolute atomic E-state index is 0.184. The maximum absolute atomic E-state index is 11.2. The molecule has 84 valence electrons. The number of amides is 2. The Kier molecular flexibility index (Phi) is 3.36. The molecule has 4 nitrogen and oxygen atoms in total. The van der Waals surface area contributed by atoms with Crippen molar-refractivity contribution in [2.75, 3.05) is 6.61 Å². The van der Waals surface area contributed by atoms with E-state index in [1.165, 1.54) is 19.3 Å². The quantitative estimate of drug-likeness (QED) is 0.667. The number of hydrogen-bond acceptors (Lipinski definition) is 3. The molecule has 0 bridgehead atoms. The zero-order chi connectivity index (χ0) is 10.7. The van der Waals surface area contributed by atoms with Crippen molar-refractivity contribution in [3.05, 3.63) is 0 Å². The van der Waals surface area contributed by atoms with E-state index < -0.39 is 0 Å². The molecule has 0 unspecified atom stereocenters. The molecule has 2 rings (SSSR count). The summed E-state index contributed by atoms with van der Waals surface area (Å²) in [4.78, 5) is 27.8. The maximum atomic E-state index is 11.2. The van der Waals surface area contributed by atoms with Gasteiger partial charge in [-0.05, 0) is 18.8 Å². The molecule has 1 aliphatic carbocycles. The van der Waals surface area contributed by atoms with Crippen LogP contribution in [0.15, 0.2) is 0 Å². The SMILES string of the molecule is O=C1CCC(=O)N1OCC1CCCCC1. The molecule has 0 aromatic heterocycles. The van der Waals surface area contributed by atoms with Crippen LogP contribution in [0.5, 0.6) is 0 Å². The fraction of sp³-hybridized carbons (Fsp3) is 0.818. The van der Waals surface area contributed by atoms with Crippen molar-refractivity contribution in [2.45, 2.75) is 44.9 Å². The van der Waals surface area contributed by atoms with Crippen LogP contribution in [-0.4, -0.2) is 23.5 Å². The summed E-state index contributed by atoms with van der Waals surface area (Å²) < 4.78 is 0. The van der Waals surface area contributed by atoms with Gasteiger partial charge in [-0.1, -0.05) is 19.3 Å². The lowest BCUT2D eigenvalue weighted by Gasteiger charge is -2.23. The summed E-state index contributed by atoms with van der Waals surface area (Å²) in [5, 5.41) is 0.967. The summed E-state index contributed by atoms with van der Waals surface area (Å²) in [6.45, 7) is 0.525. The molecule has 1 heterocycles. The lowest BCUT2D eigenvalue weighted by atomic mass is 9.90. The van der Waals surface area contributed by atoms with Crippen molar-refractivity contribution in [1.29, 1.82) is 0 Å². The number of hydrogen-bond donors (Lipinski definition) is 0. The van der Waals surface area contributed by atoms with Crippen LogP contribution in [0, 0.1) is 5.92 Å². The Labute approximate surface area is 89.5 Å². The summed E-state index contributed by atoms with van der Waals surface area (Å²) in [5.74, 6) is 0.159. The zero-order valence-electron chi connectivity index (χ0n) is 8.91. The van der Waals surface area contributed by atoms with Gasteiger partial charge in [-0.3, -0.25) is 14.4 Å². The Balaban J connectivity index is 1.76. The first-order chi connectivity index (χ1) is 7.27. The lowest BCUT2D eigenvalue weighted by molar-refractivity contribution is -0.191. The Bertz CT molecular complexity index is 243. The first-order valence-electron chi connectivity index (χ1n) is 5.76. The van der Waals surface area contributed by atoms with Gasteiger partial charge >= 0.3 is 0 Å². The molecule has 2 amide bonds. The second-order valence-corrected chi connectivity index (χ2v) is 4.38. The van der Waals surface area contributed by atoms with E-state index in [1.807, 2.05) is 0 Å². The summed E-state index contributed by atoms with van der Waals surface area (Å²) in [6.07, 6.45) is 6.74. The molecule has 1 aliphatic heterocycles. The summed E-state index contributed by atoms with van der Waals surface area (Å²) in [7, 11) is 0. The van der Waals surface area contributed by atoms with Gasteiger partial charge in [0.1, 0.15) is 0 Å². The molecule has 4 heteroatoms. The molecule has 0 N–H and O–H groups in total. The predicted octanol–water partition coefficient (Wildman–Crippen LogP) is 1.65. The highest BCUT2D eigenvalue weighted by molar-refractivity contribution is 6.00. The summed E-state index contributed by atoms with van der Waals surface area (Å²) in [5.41, 5.74) is 0. The topological polar surface area (TPSA) is 46.6 Å². The highest BCUT2D eigenvalue weighted by Crippen LogP contribution is 2.24. The maximum Gasteiger partial charge on any atom is 0.253 e. The van der Waals surface area contributed by atoms with Crippen LogP contribution in [0.1, 0.15) is 44.9 Å². The van der Waals surface area contributed by atoms with E-state index in [4.69, 9.17) is 4.84 Å². The Morgan fingerprint density at radius 2 is 1.67 bits per heavy atom. The Morgan fingerprint density at radius 1 is 1.07 bits per heavy atom. The van der Waals surface area contributed by atoms with E-state index in [0.717, 1.165) is 17.9 Å². The van der Waals surface area contributed by atoms with Crippen molar-refractivity contribution in [3.8, 4) is 0 Å². The molecule has 2 aliphatic rings. The third-order valence-electron chi connectivity index (χ3n) is 3.17. The van der Waals surface area contributed by atoms with E-state index in [9.17, 15) is 9.59 Å². The van der Waals surface area contributed by atoms with Crippen LogP contribution < -0.4 is 0 Å². The van der Waals surface area contributed by atoms with Gasteiger partial charge in [0.25, 0.3) is 11.8 Å². The van der Waals surface area contributed by atoms with Crippen molar-refractivity contribution >= 4 is 11.8 Å². The van der Waals surface area contributed by atoms with E-state index in [-0.39, 0.29) is 11.8 Å². The Morgan fingerprint density at radius 3 is 2.27 bits per heavy atom. The number of carbonyl (C=O) groups is 2. The van der Waals surface area contributed by atoms with Gasteiger partial charge in [-0.15, -0.1) is 0 Å². The van der Waals surface area contributed by atoms with E-state index in [1.54, 1.807) is 0 Å².